The number of hydrogen-bond acceptors (Lipinski definition) is 3. The summed E-state index contributed by atoms with van der Waals surface area (Å²) in [4.78, 5) is 3.99. The van der Waals surface area contributed by atoms with Crippen molar-refractivity contribution in [1.82, 2.24) is 14.8 Å². The van der Waals surface area contributed by atoms with Gasteiger partial charge in [0, 0.05) is 10.9 Å². The Hall–Kier alpha value is -1.39. The van der Waals surface area contributed by atoms with E-state index >= 15 is 0 Å². The Bertz CT molecular complexity index is 555. The molecule has 3 atom stereocenters. The van der Waals surface area contributed by atoms with Gasteiger partial charge in [0.1, 0.15) is 18.3 Å². The van der Waals surface area contributed by atoms with Gasteiger partial charge in [0.25, 0.3) is 0 Å². The Morgan fingerprint density at radius 2 is 2.05 bits per heavy atom. The van der Waals surface area contributed by atoms with E-state index in [1.54, 1.807) is 12.7 Å². The SMILES string of the molecule is C[C@H]1O[C@@](Cn2cncn2)(c2ccc(Cl)cc2)[C@H]1C. The van der Waals surface area contributed by atoms with Crippen LogP contribution < -0.4 is 0 Å². The number of aromatic nitrogens is 3. The van der Waals surface area contributed by atoms with Crippen molar-refractivity contribution in [2.45, 2.75) is 32.1 Å². The van der Waals surface area contributed by atoms with Crippen molar-refractivity contribution in [3.63, 3.8) is 0 Å². The third-order valence-corrected chi connectivity index (χ3v) is 4.28. The second kappa shape index (κ2) is 4.62. The van der Waals surface area contributed by atoms with Crippen LogP contribution in [-0.4, -0.2) is 20.9 Å². The zero-order valence-electron chi connectivity index (χ0n) is 11.0. The first-order valence-corrected chi connectivity index (χ1v) is 6.76. The Morgan fingerprint density at radius 1 is 1.32 bits per heavy atom. The Morgan fingerprint density at radius 3 is 2.58 bits per heavy atom. The molecule has 0 amide bonds. The first kappa shape index (κ1) is 12.6. The molecule has 0 bridgehead atoms. The van der Waals surface area contributed by atoms with E-state index in [2.05, 4.69) is 23.9 Å². The standard InChI is InChI=1S/C14H16ClN3O/c1-10-11(2)19-14(10,7-18-9-16-8-17-18)12-3-5-13(15)6-4-12/h3-6,8-11H,7H2,1-2H3/t10-,11+,14+/m0/s1. The van der Waals surface area contributed by atoms with Crippen LogP contribution in [0, 0.1) is 5.92 Å². The molecule has 4 nitrogen and oxygen atoms in total. The molecule has 1 aliphatic rings. The lowest BCUT2D eigenvalue weighted by Crippen LogP contribution is -2.57. The van der Waals surface area contributed by atoms with E-state index in [1.807, 2.05) is 28.9 Å². The minimum Gasteiger partial charge on any atom is -0.365 e. The number of nitrogens with zero attached hydrogens (tertiary/aromatic N) is 3. The van der Waals surface area contributed by atoms with Gasteiger partial charge in [-0.1, -0.05) is 30.7 Å². The van der Waals surface area contributed by atoms with Crippen molar-refractivity contribution in [2.24, 2.45) is 5.92 Å². The van der Waals surface area contributed by atoms with Gasteiger partial charge in [-0.3, -0.25) is 0 Å². The van der Waals surface area contributed by atoms with Crippen molar-refractivity contribution < 1.29 is 4.74 Å². The maximum atomic E-state index is 6.11. The van der Waals surface area contributed by atoms with Crippen LogP contribution in [-0.2, 0) is 16.9 Å². The zero-order valence-corrected chi connectivity index (χ0v) is 11.7. The van der Waals surface area contributed by atoms with Gasteiger partial charge in [0.2, 0.25) is 0 Å². The monoisotopic (exact) mass is 277 g/mol. The van der Waals surface area contributed by atoms with E-state index in [1.165, 1.54) is 0 Å². The normalized spacial score (nSPS) is 30.1. The molecule has 0 aliphatic carbocycles. The van der Waals surface area contributed by atoms with Gasteiger partial charge in [-0.25, -0.2) is 9.67 Å². The molecule has 1 aromatic carbocycles. The summed E-state index contributed by atoms with van der Waals surface area (Å²) in [6, 6.07) is 7.86. The molecular weight excluding hydrogens is 262 g/mol. The number of ether oxygens (including phenoxy) is 1. The van der Waals surface area contributed by atoms with Crippen LogP contribution >= 0.6 is 11.6 Å². The van der Waals surface area contributed by atoms with Gasteiger partial charge in [0.05, 0.1) is 12.6 Å². The van der Waals surface area contributed by atoms with Crippen molar-refractivity contribution in [1.29, 1.82) is 0 Å². The fraction of sp³-hybridized carbons (Fsp3) is 0.429. The Balaban J connectivity index is 1.96. The topological polar surface area (TPSA) is 39.9 Å². The van der Waals surface area contributed by atoms with Crippen molar-refractivity contribution in [3.8, 4) is 0 Å². The highest BCUT2D eigenvalue weighted by atomic mass is 35.5. The number of hydrogen-bond donors (Lipinski definition) is 0. The van der Waals surface area contributed by atoms with Gasteiger partial charge in [-0.15, -0.1) is 0 Å². The van der Waals surface area contributed by atoms with Gasteiger partial charge < -0.3 is 4.74 Å². The second-order valence-corrected chi connectivity index (χ2v) is 5.54. The lowest BCUT2D eigenvalue weighted by molar-refractivity contribution is -0.263. The molecule has 0 radical (unpaired) electrons. The molecule has 19 heavy (non-hydrogen) atoms. The zero-order chi connectivity index (χ0) is 13.5. The Labute approximate surface area is 117 Å². The van der Waals surface area contributed by atoms with Crippen LogP contribution in [0.2, 0.25) is 5.02 Å². The van der Waals surface area contributed by atoms with Crippen LogP contribution in [0.3, 0.4) is 0 Å². The largest absolute Gasteiger partial charge is 0.365 e. The maximum absolute atomic E-state index is 6.11. The molecule has 3 rings (SSSR count). The molecule has 0 unspecified atom stereocenters. The summed E-state index contributed by atoms with van der Waals surface area (Å²) >= 11 is 5.96. The number of benzene rings is 1. The number of halogens is 1. The molecular formula is C14H16ClN3O. The maximum Gasteiger partial charge on any atom is 0.137 e. The summed E-state index contributed by atoms with van der Waals surface area (Å²) in [5.74, 6) is 0.415. The highest BCUT2D eigenvalue weighted by Gasteiger charge is 2.52. The van der Waals surface area contributed by atoms with Gasteiger partial charge in [0.15, 0.2) is 0 Å². The minimum absolute atomic E-state index is 0.249. The van der Waals surface area contributed by atoms with Crippen LogP contribution in [0.25, 0.3) is 0 Å². The lowest BCUT2D eigenvalue weighted by Gasteiger charge is -2.53. The summed E-state index contributed by atoms with van der Waals surface area (Å²) in [5, 5.41) is 4.92. The first-order valence-electron chi connectivity index (χ1n) is 6.38. The molecule has 1 fully saturated rings. The van der Waals surface area contributed by atoms with Crippen molar-refractivity contribution in [2.75, 3.05) is 0 Å². The molecule has 0 N–H and O–H groups in total. The minimum atomic E-state index is -0.336. The molecule has 1 saturated heterocycles. The summed E-state index contributed by atoms with van der Waals surface area (Å²) < 4.78 is 7.92. The Kier molecular flexibility index (Phi) is 3.07. The van der Waals surface area contributed by atoms with E-state index in [0.717, 1.165) is 10.6 Å². The predicted molar refractivity (Wildman–Crippen MR) is 72.9 cm³/mol. The van der Waals surface area contributed by atoms with E-state index in [0.29, 0.717) is 12.5 Å². The summed E-state index contributed by atoms with van der Waals surface area (Å²) in [5.41, 5.74) is 0.801. The fourth-order valence-corrected chi connectivity index (χ4v) is 2.86. The summed E-state index contributed by atoms with van der Waals surface area (Å²) in [6.45, 7) is 4.97. The van der Waals surface area contributed by atoms with E-state index in [-0.39, 0.29) is 11.7 Å². The molecule has 2 heterocycles. The first-order chi connectivity index (χ1) is 9.12. The average molecular weight is 278 g/mol. The predicted octanol–water partition coefficient (Wildman–Crippen LogP) is 2.88. The van der Waals surface area contributed by atoms with Gasteiger partial charge >= 0.3 is 0 Å². The third kappa shape index (κ3) is 2.05. The fourth-order valence-electron chi connectivity index (χ4n) is 2.74. The smallest absolute Gasteiger partial charge is 0.137 e. The second-order valence-electron chi connectivity index (χ2n) is 5.10. The molecule has 100 valence electrons. The molecule has 2 aromatic rings. The van der Waals surface area contributed by atoms with E-state index < -0.39 is 0 Å². The van der Waals surface area contributed by atoms with Crippen molar-refractivity contribution in [3.05, 3.63) is 47.5 Å². The van der Waals surface area contributed by atoms with Crippen LogP contribution in [0.4, 0.5) is 0 Å². The molecule has 1 aromatic heterocycles. The number of rotatable bonds is 3. The van der Waals surface area contributed by atoms with Gasteiger partial charge in [-0.05, 0) is 24.6 Å². The highest BCUT2D eigenvalue weighted by Crippen LogP contribution is 2.48. The van der Waals surface area contributed by atoms with Crippen LogP contribution in [0.1, 0.15) is 19.4 Å². The van der Waals surface area contributed by atoms with Crippen molar-refractivity contribution >= 4 is 11.6 Å². The summed E-state index contributed by atoms with van der Waals surface area (Å²) in [6.07, 6.45) is 3.51. The van der Waals surface area contributed by atoms with Crippen LogP contribution in [0.15, 0.2) is 36.9 Å². The van der Waals surface area contributed by atoms with E-state index in [4.69, 9.17) is 16.3 Å². The summed E-state index contributed by atoms with van der Waals surface area (Å²) in [7, 11) is 0. The quantitative estimate of drug-likeness (QED) is 0.866. The third-order valence-electron chi connectivity index (χ3n) is 4.03. The molecule has 0 saturated carbocycles. The van der Waals surface area contributed by atoms with Gasteiger partial charge in [-0.2, -0.15) is 5.10 Å². The highest BCUT2D eigenvalue weighted by molar-refractivity contribution is 6.30. The molecule has 0 spiro atoms. The lowest BCUT2D eigenvalue weighted by atomic mass is 9.74. The molecule has 5 heteroatoms. The van der Waals surface area contributed by atoms with Crippen LogP contribution in [0.5, 0.6) is 0 Å². The molecule has 1 aliphatic heterocycles. The van der Waals surface area contributed by atoms with E-state index in [9.17, 15) is 0 Å². The average Bonchev–Trinajstić information content (AvgIpc) is 2.91.